The minimum absolute atomic E-state index is 0.0375. The fourth-order valence-electron chi connectivity index (χ4n) is 8.87. The molecule has 9 nitrogen and oxygen atoms in total. The van der Waals surface area contributed by atoms with Gasteiger partial charge in [-0.1, -0.05) is 25.8 Å². The normalized spacial score (nSPS) is 22.4. The largest absolute Gasteiger partial charge is 0.508 e. The fraction of sp³-hybridized carbons (Fsp3) is 0.513. The summed E-state index contributed by atoms with van der Waals surface area (Å²) >= 11 is 0. The van der Waals surface area contributed by atoms with Gasteiger partial charge < -0.3 is 24.8 Å². The van der Waals surface area contributed by atoms with Crippen molar-refractivity contribution in [3.8, 4) is 35.4 Å². The number of benzene rings is 2. The lowest BCUT2D eigenvalue weighted by atomic mass is 9.93. The number of nitrogens with zero attached hydrogens (tertiary/aromatic N) is 5. The van der Waals surface area contributed by atoms with Crippen molar-refractivity contribution in [1.82, 2.24) is 25.2 Å². The standard InChI is InChI=1S/C37H31F11N6O3.C2H6/c1-2-22-24(38)6-4-18-12-20(55)13-23(26(18)22)29-28(39)30-27-25(50-29)7-5-19-15-49-9-11-54(19)31(27)52-32(51-30)56-17-33-8-3-10-53(33)16-21(14-33)57-34(35(40,41)42,36(43,44)45)37(46,47)48;1-2/h1,4,6,12-13,19,21,49,55H,3,5,7-11,14-17H2;1-2H3/t19?,21-,33?;/m1./s1. The average Bonchev–Trinajstić information content (AvgIpc) is 3.67. The summed E-state index contributed by atoms with van der Waals surface area (Å²) in [6, 6.07) is 4.38. The van der Waals surface area contributed by atoms with Gasteiger partial charge in [-0.3, -0.25) is 4.90 Å². The Morgan fingerprint density at radius 3 is 2.36 bits per heavy atom. The van der Waals surface area contributed by atoms with Gasteiger partial charge in [0.25, 0.3) is 0 Å². The van der Waals surface area contributed by atoms with Gasteiger partial charge in [-0.2, -0.15) is 49.5 Å². The van der Waals surface area contributed by atoms with Gasteiger partial charge in [-0.15, -0.1) is 6.42 Å². The molecule has 4 aromatic rings. The van der Waals surface area contributed by atoms with Gasteiger partial charge in [0.1, 0.15) is 35.2 Å². The number of piperazine rings is 1. The zero-order chi connectivity index (χ0) is 42.9. The van der Waals surface area contributed by atoms with E-state index in [1.165, 1.54) is 23.1 Å². The molecule has 2 aromatic carbocycles. The second-order valence-electron chi connectivity index (χ2n) is 14.7. The molecule has 0 bridgehead atoms. The number of terminal acetylenes is 1. The predicted molar refractivity (Wildman–Crippen MR) is 193 cm³/mol. The number of aryl methyl sites for hydroxylation is 1. The molecular formula is C39H37F11N6O3. The van der Waals surface area contributed by atoms with E-state index in [4.69, 9.17) is 11.2 Å². The van der Waals surface area contributed by atoms with Crippen molar-refractivity contribution in [2.24, 2.45) is 0 Å². The summed E-state index contributed by atoms with van der Waals surface area (Å²) in [7, 11) is 0. The van der Waals surface area contributed by atoms with Crippen LogP contribution in [-0.2, 0) is 11.2 Å². The van der Waals surface area contributed by atoms with Crippen LogP contribution >= 0.6 is 0 Å². The van der Waals surface area contributed by atoms with Crippen molar-refractivity contribution in [2.45, 2.75) is 87.8 Å². The number of alkyl halides is 9. The van der Waals surface area contributed by atoms with Crippen molar-refractivity contribution in [3.05, 3.63) is 47.2 Å². The van der Waals surface area contributed by atoms with Crippen LogP contribution in [0.15, 0.2) is 24.3 Å². The lowest BCUT2D eigenvalue weighted by Crippen LogP contribution is -2.68. The van der Waals surface area contributed by atoms with Gasteiger partial charge in [-0.05, 0) is 62.2 Å². The number of phenolic OH excluding ortho intramolecular Hbond substituents is 1. The molecule has 2 N–H and O–H groups in total. The molecule has 0 spiro atoms. The van der Waals surface area contributed by atoms with Crippen LogP contribution in [0.4, 0.5) is 54.1 Å². The summed E-state index contributed by atoms with van der Waals surface area (Å²) in [5, 5.41) is 14.5. The van der Waals surface area contributed by atoms with Crippen molar-refractivity contribution < 1.29 is 62.9 Å². The first-order valence-corrected chi connectivity index (χ1v) is 18.8. The fourth-order valence-corrected chi connectivity index (χ4v) is 8.87. The Hall–Kier alpha value is -4.74. The lowest BCUT2D eigenvalue weighted by Gasteiger charge is -2.40. The molecule has 8 rings (SSSR count). The van der Waals surface area contributed by atoms with Crippen LogP contribution in [-0.4, -0.2) is 106 Å². The van der Waals surface area contributed by atoms with Crippen LogP contribution in [0.25, 0.3) is 32.9 Å². The van der Waals surface area contributed by atoms with Gasteiger partial charge in [-0.25, -0.2) is 13.8 Å². The van der Waals surface area contributed by atoms with Crippen LogP contribution in [0.1, 0.15) is 50.8 Å². The molecule has 6 heterocycles. The third-order valence-electron chi connectivity index (χ3n) is 11.4. The molecule has 3 fully saturated rings. The number of hydrogen-bond acceptors (Lipinski definition) is 9. The van der Waals surface area contributed by atoms with Gasteiger partial charge in [0.05, 0.1) is 28.3 Å². The smallest absolute Gasteiger partial charge is 0.435 e. The third-order valence-corrected chi connectivity index (χ3v) is 11.4. The lowest BCUT2D eigenvalue weighted by molar-refractivity contribution is -0.463. The second-order valence-corrected chi connectivity index (χ2v) is 14.7. The van der Waals surface area contributed by atoms with E-state index in [9.17, 15) is 49.0 Å². The van der Waals surface area contributed by atoms with Crippen molar-refractivity contribution in [1.29, 1.82) is 0 Å². The maximum atomic E-state index is 17.1. The Morgan fingerprint density at radius 1 is 0.966 bits per heavy atom. The number of rotatable bonds is 6. The number of fused-ring (bicyclic) bond motifs is 4. The highest BCUT2D eigenvalue weighted by molar-refractivity contribution is 6.03. The Kier molecular flexibility index (Phi) is 10.8. The number of hydrogen-bond donors (Lipinski definition) is 2. The summed E-state index contributed by atoms with van der Waals surface area (Å²) < 4.78 is 166. The maximum Gasteiger partial charge on any atom is 0.435 e. The Bertz CT molecular complexity index is 2280. The molecule has 318 valence electrons. The Balaban J connectivity index is 0.00000260. The SMILES string of the molecule is C#Cc1c(F)ccc2cc(O)cc(-c3nc4c5c(nc(OCC67CCCN6C[C@H](OC(C(F)(F)F)(C(F)(F)F)C(F)(F)F)C7)nc5c3F)N3CCNCC3CC4)c12.CC. The van der Waals surface area contributed by atoms with Gasteiger partial charge in [0, 0.05) is 43.2 Å². The first kappa shape index (κ1) is 42.4. The molecule has 3 atom stereocenters. The number of anilines is 1. The van der Waals surface area contributed by atoms with Crippen LogP contribution in [0.3, 0.4) is 0 Å². The summed E-state index contributed by atoms with van der Waals surface area (Å²) in [5.74, 6) is 0.421. The van der Waals surface area contributed by atoms with E-state index in [1.54, 1.807) is 0 Å². The quantitative estimate of drug-likeness (QED) is 0.148. The minimum Gasteiger partial charge on any atom is -0.508 e. The molecule has 3 saturated heterocycles. The highest BCUT2D eigenvalue weighted by Gasteiger charge is 2.86. The molecule has 0 aliphatic carbocycles. The van der Waals surface area contributed by atoms with E-state index in [2.05, 4.69) is 30.9 Å². The third kappa shape index (κ3) is 6.92. The van der Waals surface area contributed by atoms with Crippen LogP contribution < -0.4 is 15.0 Å². The molecule has 4 aliphatic heterocycles. The topological polar surface area (TPSA) is 95.9 Å². The van der Waals surface area contributed by atoms with E-state index < -0.39 is 73.0 Å². The zero-order valence-corrected chi connectivity index (χ0v) is 31.5. The Labute approximate surface area is 329 Å². The maximum absolute atomic E-state index is 17.1. The highest BCUT2D eigenvalue weighted by Crippen LogP contribution is 2.57. The van der Waals surface area contributed by atoms with E-state index in [0.29, 0.717) is 50.0 Å². The number of aromatic nitrogens is 3. The van der Waals surface area contributed by atoms with E-state index in [0.717, 1.165) is 6.07 Å². The Morgan fingerprint density at radius 2 is 1.68 bits per heavy atom. The van der Waals surface area contributed by atoms with Gasteiger partial charge in [0.2, 0.25) is 0 Å². The first-order chi connectivity index (χ1) is 27.8. The number of phenols is 1. The highest BCUT2D eigenvalue weighted by atomic mass is 19.4. The molecular weight excluding hydrogens is 809 g/mol. The molecule has 20 heteroatoms. The minimum atomic E-state index is -6.89. The number of nitrogens with one attached hydrogen (secondary N) is 1. The summed E-state index contributed by atoms with van der Waals surface area (Å²) in [6.45, 7) is 4.36. The molecule has 2 unspecified atom stereocenters. The van der Waals surface area contributed by atoms with E-state index in [1.807, 2.05) is 18.7 Å². The second kappa shape index (κ2) is 15.1. The zero-order valence-electron chi connectivity index (χ0n) is 31.5. The van der Waals surface area contributed by atoms with Crippen molar-refractivity contribution in [2.75, 3.05) is 44.2 Å². The molecule has 4 aliphatic rings. The molecule has 59 heavy (non-hydrogen) atoms. The van der Waals surface area contributed by atoms with Crippen molar-refractivity contribution in [3.63, 3.8) is 0 Å². The van der Waals surface area contributed by atoms with Crippen LogP contribution in [0, 0.1) is 24.0 Å². The summed E-state index contributed by atoms with van der Waals surface area (Å²) in [6.07, 6.45) is -16.5. The first-order valence-electron chi connectivity index (χ1n) is 18.8. The average molecular weight is 847 g/mol. The van der Waals surface area contributed by atoms with Crippen LogP contribution in [0.2, 0.25) is 0 Å². The van der Waals surface area contributed by atoms with Crippen LogP contribution in [0.5, 0.6) is 11.8 Å². The molecule has 0 saturated carbocycles. The van der Waals surface area contributed by atoms with Gasteiger partial charge >= 0.3 is 30.1 Å². The predicted octanol–water partition coefficient (Wildman–Crippen LogP) is 7.99. The number of ether oxygens (including phenoxy) is 2. The molecule has 0 radical (unpaired) electrons. The number of halogens is 11. The van der Waals surface area contributed by atoms with E-state index in [-0.39, 0.29) is 63.7 Å². The number of pyridine rings is 1. The number of aromatic hydroxyl groups is 1. The molecule has 0 amide bonds. The monoisotopic (exact) mass is 846 g/mol. The summed E-state index contributed by atoms with van der Waals surface area (Å²) in [5.41, 5.74) is -8.31. The van der Waals surface area contributed by atoms with Gasteiger partial charge in [0.15, 0.2) is 5.82 Å². The summed E-state index contributed by atoms with van der Waals surface area (Å²) in [4.78, 5) is 17.0. The van der Waals surface area contributed by atoms with E-state index >= 15 is 4.39 Å². The molecule has 2 aromatic heterocycles. The van der Waals surface area contributed by atoms with Crippen molar-refractivity contribution >= 4 is 27.5 Å².